The quantitative estimate of drug-likeness (QED) is 0.723. The van der Waals surface area contributed by atoms with Gasteiger partial charge in [-0.2, -0.15) is 0 Å². The normalized spacial score (nSPS) is 38.0. The molecule has 0 aliphatic carbocycles. The monoisotopic (exact) mass is 256 g/mol. The molecular formula is C12H16O4S. The fourth-order valence-electron chi connectivity index (χ4n) is 1.74. The Morgan fingerprint density at radius 1 is 1.00 bits per heavy atom. The Labute approximate surface area is 104 Å². The Bertz CT molecular complexity index is 359. The summed E-state index contributed by atoms with van der Waals surface area (Å²) in [6, 6.07) is 9.51. The van der Waals surface area contributed by atoms with Crippen LogP contribution in [0.5, 0.6) is 0 Å². The van der Waals surface area contributed by atoms with Crippen LogP contribution in [0.25, 0.3) is 0 Å². The zero-order chi connectivity index (χ0) is 12.4. The van der Waals surface area contributed by atoms with Gasteiger partial charge in [-0.3, -0.25) is 0 Å². The Morgan fingerprint density at radius 3 is 2.29 bits per heavy atom. The van der Waals surface area contributed by atoms with E-state index in [2.05, 4.69) is 0 Å². The maximum absolute atomic E-state index is 9.83. The van der Waals surface area contributed by atoms with Gasteiger partial charge in [-0.15, -0.1) is 0 Å². The van der Waals surface area contributed by atoms with Crippen LogP contribution >= 0.6 is 11.8 Å². The van der Waals surface area contributed by atoms with Crippen LogP contribution in [0.2, 0.25) is 0 Å². The summed E-state index contributed by atoms with van der Waals surface area (Å²) in [7, 11) is 0. The third-order valence-corrected chi connectivity index (χ3v) is 3.97. The van der Waals surface area contributed by atoms with E-state index in [1.165, 1.54) is 11.8 Å². The summed E-state index contributed by atoms with van der Waals surface area (Å²) in [6.45, 7) is 1.68. The van der Waals surface area contributed by atoms with E-state index in [9.17, 15) is 15.3 Å². The van der Waals surface area contributed by atoms with Crippen LogP contribution in [-0.4, -0.2) is 45.2 Å². The predicted octanol–water partition coefficient (Wildman–Crippen LogP) is 0.606. The Balaban J connectivity index is 2.06. The van der Waals surface area contributed by atoms with E-state index in [4.69, 9.17) is 4.74 Å². The molecule has 0 bridgehead atoms. The van der Waals surface area contributed by atoms with Crippen LogP contribution in [0.1, 0.15) is 6.92 Å². The molecule has 1 aromatic carbocycles. The molecule has 1 aliphatic heterocycles. The standard InChI is InChI=1S/C12H16O4S/c1-7-9(13)10(14)11(15)12(16-7)17-8-5-3-2-4-6-8/h2-7,9-15H,1H3/t7?,9-,10?,11+,12-/m1/s1. The van der Waals surface area contributed by atoms with Crippen molar-refractivity contribution in [2.45, 2.75) is 41.7 Å². The number of ether oxygens (including phenoxy) is 1. The third kappa shape index (κ3) is 2.81. The molecule has 0 amide bonds. The fraction of sp³-hybridized carbons (Fsp3) is 0.500. The first-order valence-corrected chi connectivity index (χ1v) is 6.39. The van der Waals surface area contributed by atoms with E-state index < -0.39 is 29.9 Å². The summed E-state index contributed by atoms with van der Waals surface area (Å²) >= 11 is 1.34. The smallest absolute Gasteiger partial charge is 0.136 e. The van der Waals surface area contributed by atoms with Gasteiger partial charge in [-0.25, -0.2) is 0 Å². The molecule has 1 saturated heterocycles. The topological polar surface area (TPSA) is 69.9 Å². The van der Waals surface area contributed by atoms with Crippen LogP contribution in [0.3, 0.4) is 0 Å². The third-order valence-electron chi connectivity index (χ3n) is 2.80. The van der Waals surface area contributed by atoms with Gasteiger partial charge >= 0.3 is 0 Å². The van der Waals surface area contributed by atoms with Crippen molar-refractivity contribution < 1.29 is 20.1 Å². The minimum Gasteiger partial charge on any atom is -0.388 e. The van der Waals surface area contributed by atoms with Gasteiger partial charge in [0.1, 0.15) is 23.7 Å². The number of rotatable bonds is 2. The zero-order valence-corrected chi connectivity index (χ0v) is 10.2. The van der Waals surface area contributed by atoms with Gasteiger partial charge in [0.25, 0.3) is 0 Å². The minimum atomic E-state index is -1.17. The summed E-state index contributed by atoms with van der Waals surface area (Å²) in [6.07, 6.45) is -3.79. The van der Waals surface area contributed by atoms with Gasteiger partial charge in [0, 0.05) is 4.90 Å². The van der Waals surface area contributed by atoms with Gasteiger partial charge < -0.3 is 20.1 Å². The van der Waals surface area contributed by atoms with Crippen molar-refractivity contribution in [1.29, 1.82) is 0 Å². The molecule has 0 aromatic heterocycles. The highest BCUT2D eigenvalue weighted by molar-refractivity contribution is 7.99. The number of aliphatic hydroxyl groups is 3. The van der Waals surface area contributed by atoms with Gasteiger partial charge in [-0.05, 0) is 19.1 Å². The predicted molar refractivity (Wildman–Crippen MR) is 64.7 cm³/mol. The number of aliphatic hydroxyl groups excluding tert-OH is 3. The molecule has 2 unspecified atom stereocenters. The van der Waals surface area contributed by atoms with Crippen molar-refractivity contribution in [3.8, 4) is 0 Å². The molecule has 2 rings (SSSR count). The zero-order valence-electron chi connectivity index (χ0n) is 9.43. The molecule has 1 fully saturated rings. The molecule has 1 aliphatic rings. The fourth-order valence-corrected chi connectivity index (χ4v) is 2.86. The molecule has 4 nitrogen and oxygen atoms in total. The minimum absolute atomic E-state index is 0.491. The van der Waals surface area contributed by atoms with E-state index in [1.54, 1.807) is 6.92 Å². The Morgan fingerprint density at radius 2 is 1.65 bits per heavy atom. The van der Waals surface area contributed by atoms with E-state index in [0.29, 0.717) is 0 Å². The second-order valence-corrected chi connectivity index (χ2v) is 5.28. The molecule has 5 atom stereocenters. The summed E-state index contributed by atoms with van der Waals surface area (Å²) in [5.74, 6) is 0. The van der Waals surface area contributed by atoms with Gasteiger partial charge in [0.15, 0.2) is 0 Å². The Hall–Kier alpha value is -0.590. The first kappa shape index (κ1) is 12.9. The molecule has 1 heterocycles. The van der Waals surface area contributed by atoms with Crippen LogP contribution in [-0.2, 0) is 4.74 Å². The number of hydrogen-bond donors (Lipinski definition) is 3. The van der Waals surface area contributed by atoms with Crippen LogP contribution in [0.15, 0.2) is 35.2 Å². The maximum Gasteiger partial charge on any atom is 0.136 e. The molecule has 3 N–H and O–H groups in total. The van der Waals surface area contributed by atoms with Crippen LogP contribution in [0, 0.1) is 0 Å². The average molecular weight is 256 g/mol. The molecule has 17 heavy (non-hydrogen) atoms. The maximum atomic E-state index is 9.83. The molecule has 0 radical (unpaired) electrons. The lowest BCUT2D eigenvalue weighted by atomic mass is 10.0. The number of benzene rings is 1. The highest BCUT2D eigenvalue weighted by Gasteiger charge is 2.42. The SMILES string of the molecule is CC1O[C@H](Sc2ccccc2)[C@@H](O)C(O)[C@@H]1O. The highest BCUT2D eigenvalue weighted by atomic mass is 32.2. The highest BCUT2D eigenvalue weighted by Crippen LogP contribution is 2.32. The van der Waals surface area contributed by atoms with Crippen molar-refractivity contribution in [2.75, 3.05) is 0 Å². The van der Waals surface area contributed by atoms with E-state index >= 15 is 0 Å². The summed E-state index contributed by atoms with van der Waals surface area (Å²) in [5, 5.41) is 29.1. The first-order chi connectivity index (χ1) is 8.09. The van der Waals surface area contributed by atoms with Crippen molar-refractivity contribution in [1.82, 2.24) is 0 Å². The van der Waals surface area contributed by atoms with Crippen molar-refractivity contribution in [2.24, 2.45) is 0 Å². The Kier molecular flexibility index (Phi) is 4.06. The summed E-state index contributed by atoms with van der Waals surface area (Å²) < 4.78 is 5.49. The average Bonchev–Trinajstić information content (AvgIpc) is 2.35. The van der Waals surface area contributed by atoms with Gasteiger partial charge in [-0.1, -0.05) is 30.0 Å². The van der Waals surface area contributed by atoms with Gasteiger partial charge in [0.05, 0.1) is 6.10 Å². The van der Waals surface area contributed by atoms with E-state index in [0.717, 1.165) is 4.90 Å². The molecule has 5 heteroatoms. The molecule has 1 aromatic rings. The van der Waals surface area contributed by atoms with Crippen molar-refractivity contribution in [3.05, 3.63) is 30.3 Å². The van der Waals surface area contributed by atoms with Gasteiger partial charge in [0.2, 0.25) is 0 Å². The summed E-state index contributed by atoms with van der Waals surface area (Å²) in [5.41, 5.74) is -0.564. The molecular weight excluding hydrogens is 240 g/mol. The number of thioether (sulfide) groups is 1. The second kappa shape index (κ2) is 5.37. The second-order valence-electron chi connectivity index (χ2n) is 4.11. The van der Waals surface area contributed by atoms with Crippen LogP contribution < -0.4 is 0 Å². The lowest BCUT2D eigenvalue weighted by molar-refractivity contribution is -0.192. The lowest BCUT2D eigenvalue weighted by Gasteiger charge is -2.38. The van der Waals surface area contributed by atoms with E-state index in [-0.39, 0.29) is 0 Å². The van der Waals surface area contributed by atoms with E-state index in [1.807, 2.05) is 30.3 Å². The lowest BCUT2D eigenvalue weighted by Crippen LogP contribution is -2.55. The summed E-state index contributed by atoms with van der Waals surface area (Å²) in [4.78, 5) is 0.951. The number of hydrogen-bond acceptors (Lipinski definition) is 5. The largest absolute Gasteiger partial charge is 0.388 e. The van der Waals surface area contributed by atoms with Crippen LogP contribution in [0.4, 0.5) is 0 Å². The molecule has 0 spiro atoms. The first-order valence-electron chi connectivity index (χ1n) is 5.51. The molecule has 0 saturated carbocycles. The molecule has 94 valence electrons. The van der Waals surface area contributed by atoms with Crippen molar-refractivity contribution in [3.63, 3.8) is 0 Å². The van der Waals surface area contributed by atoms with Crippen molar-refractivity contribution >= 4 is 11.8 Å².